The average Bonchev–Trinajstić information content (AvgIpc) is 2.97. The number of halogens is 3. The lowest BCUT2D eigenvalue weighted by atomic mass is 9.86. The summed E-state index contributed by atoms with van der Waals surface area (Å²) in [5.74, 6) is 0.683. The van der Waals surface area contributed by atoms with Crippen LogP contribution in [0, 0.1) is 5.92 Å². The van der Waals surface area contributed by atoms with Crippen molar-refractivity contribution in [3.63, 3.8) is 0 Å². The van der Waals surface area contributed by atoms with Crippen molar-refractivity contribution >= 4 is 17.6 Å². The topological polar surface area (TPSA) is 111 Å². The van der Waals surface area contributed by atoms with Crippen LogP contribution in [0.15, 0.2) is 6.20 Å². The minimum absolute atomic E-state index is 0.0715. The van der Waals surface area contributed by atoms with Gasteiger partial charge in [-0.25, -0.2) is 9.67 Å². The van der Waals surface area contributed by atoms with Crippen molar-refractivity contribution in [1.82, 2.24) is 19.7 Å². The third-order valence-electron chi connectivity index (χ3n) is 6.37. The van der Waals surface area contributed by atoms with E-state index in [2.05, 4.69) is 15.3 Å². The Labute approximate surface area is 184 Å². The highest BCUT2D eigenvalue weighted by molar-refractivity contribution is 5.63. The van der Waals surface area contributed by atoms with Gasteiger partial charge in [0.1, 0.15) is 17.1 Å². The van der Waals surface area contributed by atoms with E-state index in [1.54, 1.807) is 4.68 Å². The second-order valence-electron chi connectivity index (χ2n) is 9.32. The molecule has 2 fully saturated rings. The highest BCUT2D eigenvalue weighted by Gasteiger charge is 2.37. The fraction of sp³-hybridized carbons (Fsp3) is 0.667. The van der Waals surface area contributed by atoms with Gasteiger partial charge in [0, 0.05) is 11.6 Å². The lowest BCUT2D eigenvalue weighted by molar-refractivity contribution is -0.137. The maximum atomic E-state index is 13.0. The van der Waals surface area contributed by atoms with Gasteiger partial charge in [-0.05, 0) is 38.0 Å². The van der Waals surface area contributed by atoms with Gasteiger partial charge in [-0.2, -0.15) is 23.3 Å². The Morgan fingerprint density at radius 2 is 1.91 bits per heavy atom. The number of rotatable bonds is 8. The van der Waals surface area contributed by atoms with Crippen molar-refractivity contribution < 1.29 is 23.0 Å². The van der Waals surface area contributed by atoms with Crippen molar-refractivity contribution in [3.05, 3.63) is 17.5 Å². The third kappa shape index (κ3) is 4.35. The Morgan fingerprint density at radius 3 is 2.41 bits per heavy atom. The molecule has 0 spiro atoms. The van der Waals surface area contributed by atoms with Gasteiger partial charge in [-0.3, -0.25) is 0 Å². The lowest BCUT2D eigenvalue weighted by Gasteiger charge is -2.28. The van der Waals surface area contributed by atoms with E-state index in [4.69, 9.17) is 15.6 Å². The SMILES string of the molecule is CC(C)(CO)c1nn(C2CCC2)c(Nc2ncc(C(F)(F)F)c(N)n2)c1OCC1CCC1. The summed E-state index contributed by atoms with van der Waals surface area (Å²) in [6.07, 6.45) is 2.31. The zero-order valence-electron chi connectivity index (χ0n) is 18.2. The molecule has 2 saturated carbocycles. The number of ether oxygens (including phenoxy) is 1. The molecule has 0 unspecified atom stereocenters. The minimum atomic E-state index is -4.63. The average molecular weight is 454 g/mol. The maximum absolute atomic E-state index is 13.0. The van der Waals surface area contributed by atoms with Crippen LogP contribution in [0.5, 0.6) is 5.75 Å². The zero-order valence-corrected chi connectivity index (χ0v) is 18.2. The van der Waals surface area contributed by atoms with Gasteiger partial charge < -0.3 is 20.9 Å². The van der Waals surface area contributed by atoms with Gasteiger partial charge in [-0.1, -0.05) is 20.3 Å². The van der Waals surface area contributed by atoms with Crippen LogP contribution in [0.2, 0.25) is 0 Å². The molecular weight excluding hydrogens is 425 g/mol. The summed E-state index contributed by atoms with van der Waals surface area (Å²) in [4.78, 5) is 7.66. The quantitative estimate of drug-likeness (QED) is 0.548. The number of alkyl halides is 3. The van der Waals surface area contributed by atoms with E-state index in [0.717, 1.165) is 32.1 Å². The summed E-state index contributed by atoms with van der Waals surface area (Å²) in [5.41, 5.74) is 4.38. The number of hydrogen-bond donors (Lipinski definition) is 3. The second kappa shape index (κ2) is 8.42. The first-order chi connectivity index (χ1) is 15.1. The highest BCUT2D eigenvalue weighted by Crippen LogP contribution is 2.44. The zero-order chi connectivity index (χ0) is 23.1. The van der Waals surface area contributed by atoms with E-state index >= 15 is 0 Å². The summed E-state index contributed by atoms with van der Waals surface area (Å²) in [7, 11) is 0. The Balaban J connectivity index is 1.73. The molecule has 2 aliphatic carbocycles. The van der Waals surface area contributed by atoms with Crippen molar-refractivity contribution in [2.45, 2.75) is 70.0 Å². The van der Waals surface area contributed by atoms with E-state index in [9.17, 15) is 18.3 Å². The smallest absolute Gasteiger partial charge is 0.421 e. The predicted octanol–water partition coefficient (Wildman–Crippen LogP) is 4.19. The van der Waals surface area contributed by atoms with Crippen LogP contribution in [0.4, 0.5) is 30.8 Å². The minimum Gasteiger partial charge on any atom is -0.488 e. The Kier molecular flexibility index (Phi) is 5.95. The molecule has 2 aliphatic rings. The molecule has 0 saturated heterocycles. The highest BCUT2D eigenvalue weighted by atomic mass is 19.4. The molecule has 4 N–H and O–H groups in total. The predicted molar refractivity (Wildman–Crippen MR) is 113 cm³/mol. The summed E-state index contributed by atoms with van der Waals surface area (Å²) >= 11 is 0. The lowest BCUT2D eigenvalue weighted by Crippen LogP contribution is -2.26. The number of aliphatic hydroxyl groups is 1. The van der Waals surface area contributed by atoms with Crippen LogP contribution in [0.3, 0.4) is 0 Å². The molecule has 0 radical (unpaired) electrons. The summed E-state index contributed by atoms with van der Waals surface area (Å²) < 4.78 is 47.1. The molecule has 32 heavy (non-hydrogen) atoms. The summed E-state index contributed by atoms with van der Waals surface area (Å²) in [6, 6.07) is 0.124. The first-order valence-electron chi connectivity index (χ1n) is 10.9. The van der Waals surface area contributed by atoms with Gasteiger partial charge in [0.25, 0.3) is 0 Å². The molecule has 2 aromatic rings. The van der Waals surface area contributed by atoms with E-state index in [0.29, 0.717) is 36.0 Å². The van der Waals surface area contributed by atoms with Crippen molar-refractivity contribution in [1.29, 1.82) is 0 Å². The fourth-order valence-corrected chi connectivity index (χ4v) is 3.72. The number of aliphatic hydroxyl groups excluding tert-OH is 1. The van der Waals surface area contributed by atoms with Crippen molar-refractivity contribution in [2.24, 2.45) is 5.92 Å². The number of aromatic nitrogens is 4. The van der Waals surface area contributed by atoms with Gasteiger partial charge in [-0.15, -0.1) is 0 Å². The summed E-state index contributed by atoms with van der Waals surface area (Å²) in [5, 5.41) is 17.8. The maximum Gasteiger partial charge on any atom is 0.421 e. The molecule has 0 bridgehead atoms. The number of nitrogens with two attached hydrogens (primary N) is 1. The molecule has 0 aliphatic heterocycles. The first-order valence-corrected chi connectivity index (χ1v) is 10.9. The van der Waals surface area contributed by atoms with Gasteiger partial charge in [0.2, 0.25) is 5.95 Å². The first kappa shape index (κ1) is 22.6. The number of nitrogens with one attached hydrogen (secondary N) is 1. The van der Waals surface area contributed by atoms with Crippen LogP contribution in [0.1, 0.15) is 69.7 Å². The van der Waals surface area contributed by atoms with Crippen LogP contribution >= 0.6 is 0 Å². The molecule has 0 amide bonds. The number of anilines is 3. The van der Waals surface area contributed by atoms with Crippen LogP contribution in [0.25, 0.3) is 0 Å². The van der Waals surface area contributed by atoms with Gasteiger partial charge in [0.05, 0.1) is 19.3 Å². The van der Waals surface area contributed by atoms with Crippen molar-refractivity contribution in [2.75, 3.05) is 24.3 Å². The van der Waals surface area contributed by atoms with Crippen molar-refractivity contribution in [3.8, 4) is 5.75 Å². The second-order valence-corrected chi connectivity index (χ2v) is 9.32. The molecule has 11 heteroatoms. The van der Waals surface area contributed by atoms with Crippen LogP contribution in [-0.2, 0) is 11.6 Å². The van der Waals surface area contributed by atoms with E-state index in [1.165, 1.54) is 6.42 Å². The number of nitrogens with zero attached hydrogens (tertiary/aromatic N) is 4. The van der Waals surface area contributed by atoms with Crippen LogP contribution in [-0.4, -0.2) is 38.1 Å². The fourth-order valence-electron chi connectivity index (χ4n) is 3.72. The Bertz CT molecular complexity index is 967. The van der Waals surface area contributed by atoms with Crippen LogP contribution < -0.4 is 15.8 Å². The van der Waals surface area contributed by atoms with E-state index in [-0.39, 0.29) is 18.6 Å². The van der Waals surface area contributed by atoms with Gasteiger partial charge >= 0.3 is 6.18 Å². The molecular formula is C21H29F3N6O2. The Morgan fingerprint density at radius 1 is 1.22 bits per heavy atom. The molecule has 0 aromatic carbocycles. The number of nitrogen functional groups attached to an aromatic ring is 1. The molecule has 4 rings (SSSR count). The van der Waals surface area contributed by atoms with Gasteiger partial charge in [0.15, 0.2) is 11.6 Å². The monoisotopic (exact) mass is 454 g/mol. The molecule has 8 nitrogen and oxygen atoms in total. The number of hydrogen-bond acceptors (Lipinski definition) is 7. The Hall–Kier alpha value is -2.56. The molecule has 176 valence electrons. The standard InChI is InChI=1S/C21H29F3N6O2/c1-20(2,11-31)16-15(32-10-12-5-3-6-12)18(30(29-16)13-7-4-8-13)28-19-26-9-14(17(25)27-19)21(22,23)24/h9,12-13,31H,3-8,10-11H2,1-2H3,(H3,25,26,27,28). The van der Waals surface area contributed by atoms with E-state index in [1.807, 2.05) is 13.8 Å². The summed E-state index contributed by atoms with van der Waals surface area (Å²) in [6.45, 7) is 4.10. The third-order valence-corrected chi connectivity index (χ3v) is 6.37. The largest absolute Gasteiger partial charge is 0.488 e. The van der Waals surface area contributed by atoms with E-state index < -0.39 is 23.0 Å². The normalized spacial score (nSPS) is 17.7. The molecule has 2 heterocycles. The molecule has 0 atom stereocenters. The molecule has 2 aromatic heterocycles.